The molecule has 0 saturated carbocycles. The third-order valence-electron chi connectivity index (χ3n) is 3.40. The van der Waals surface area contributed by atoms with Crippen LogP contribution in [-0.4, -0.2) is 44.9 Å². The van der Waals surface area contributed by atoms with E-state index < -0.39 is 5.97 Å². The van der Waals surface area contributed by atoms with E-state index in [-0.39, 0.29) is 29.1 Å². The smallest absolute Gasteiger partial charge is 0.303 e. The largest absolute Gasteiger partial charge is 0.481 e. The Morgan fingerprint density at radius 3 is 2.95 bits per heavy atom. The van der Waals surface area contributed by atoms with E-state index in [1.54, 1.807) is 4.90 Å². The number of likely N-dealkylation sites (tertiary alicyclic amines) is 1. The fraction of sp³-hybridized carbons (Fsp3) is 0.538. The number of nitrogens with zero attached hydrogens (tertiary/aromatic N) is 3. The third kappa shape index (κ3) is 3.90. The predicted octanol–water partition coefficient (Wildman–Crippen LogP) is 1.85. The second-order valence-corrected chi connectivity index (χ2v) is 5.31. The Labute approximate surface area is 121 Å². The Kier molecular flexibility index (Phi) is 4.89. The van der Waals surface area contributed by atoms with Gasteiger partial charge in [0.15, 0.2) is 0 Å². The minimum Gasteiger partial charge on any atom is -0.481 e. The number of carboxylic acid groups (broad SMARTS) is 1. The molecule has 0 aromatic carbocycles. The second kappa shape index (κ2) is 6.65. The summed E-state index contributed by atoms with van der Waals surface area (Å²) in [5.74, 6) is -0.759. The summed E-state index contributed by atoms with van der Waals surface area (Å²) in [6.07, 6.45) is 5.35. The Hall–Kier alpha value is -1.69. The molecule has 108 valence electrons. The van der Waals surface area contributed by atoms with E-state index in [4.69, 9.17) is 16.7 Å². The summed E-state index contributed by atoms with van der Waals surface area (Å²) >= 11 is 5.73. The van der Waals surface area contributed by atoms with Crippen molar-refractivity contribution >= 4 is 23.5 Å². The first kappa shape index (κ1) is 14.7. The molecule has 1 unspecified atom stereocenters. The van der Waals surface area contributed by atoms with Gasteiger partial charge in [0, 0.05) is 19.5 Å². The first-order chi connectivity index (χ1) is 9.56. The quantitative estimate of drug-likeness (QED) is 0.917. The van der Waals surface area contributed by atoms with Crippen molar-refractivity contribution in [2.75, 3.05) is 13.1 Å². The number of carboxylic acids is 1. The van der Waals surface area contributed by atoms with Crippen molar-refractivity contribution in [2.24, 2.45) is 5.92 Å². The fourth-order valence-electron chi connectivity index (χ4n) is 2.42. The molecule has 1 aliphatic heterocycles. The molecule has 1 fully saturated rings. The maximum Gasteiger partial charge on any atom is 0.303 e. The molecule has 0 bridgehead atoms. The van der Waals surface area contributed by atoms with Crippen LogP contribution in [0, 0.1) is 5.92 Å². The van der Waals surface area contributed by atoms with Crippen LogP contribution < -0.4 is 0 Å². The van der Waals surface area contributed by atoms with Crippen molar-refractivity contribution < 1.29 is 14.7 Å². The second-order valence-electron chi connectivity index (χ2n) is 4.92. The SMILES string of the molecule is O=C(O)CCC1CCCN(C(=O)c2cncc(Cl)n2)C1. The normalized spacial score (nSPS) is 18.9. The topological polar surface area (TPSA) is 83.4 Å². The number of amides is 1. The molecule has 1 saturated heterocycles. The first-order valence-electron chi connectivity index (χ1n) is 6.55. The molecule has 1 amide bonds. The van der Waals surface area contributed by atoms with Crippen molar-refractivity contribution in [2.45, 2.75) is 25.7 Å². The van der Waals surface area contributed by atoms with E-state index >= 15 is 0 Å². The Bertz CT molecular complexity index is 509. The van der Waals surface area contributed by atoms with Crippen LogP contribution >= 0.6 is 11.6 Å². The van der Waals surface area contributed by atoms with Crippen LogP contribution in [0.4, 0.5) is 0 Å². The van der Waals surface area contributed by atoms with Gasteiger partial charge in [0.1, 0.15) is 10.8 Å². The van der Waals surface area contributed by atoms with Gasteiger partial charge >= 0.3 is 5.97 Å². The van der Waals surface area contributed by atoms with Crippen molar-refractivity contribution in [3.8, 4) is 0 Å². The highest BCUT2D eigenvalue weighted by molar-refractivity contribution is 6.29. The summed E-state index contributed by atoms with van der Waals surface area (Å²) < 4.78 is 0. The van der Waals surface area contributed by atoms with E-state index in [1.807, 2.05) is 0 Å². The Morgan fingerprint density at radius 2 is 2.25 bits per heavy atom. The lowest BCUT2D eigenvalue weighted by atomic mass is 9.93. The first-order valence-corrected chi connectivity index (χ1v) is 6.92. The van der Waals surface area contributed by atoms with Gasteiger partial charge in [0.25, 0.3) is 5.91 Å². The van der Waals surface area contributed by atoms with Gasteiger partial charge in [-0.25, -0.2) is 4.98 Å². The zero-order chi connectivity index (χ0) is 14.5. The number of halogens is 1. The van der Waals surface area contributed by atoms with Crippen LogP contribution in [-0.2, 0) is 4.79 Å². The lowest BCUT2D eigenvalue weighted by Crippen LogP contribution is -2.40. The number of aliphatic carboxylic acids is 1. The summed E-state index contributed by atoms with van der Waals surface area (Å²) in [4.78, 5) is 32.4. The van der Waals surface area contributed by atoms with E-state index in [2.05, 4.69) is 9.97 Å². The number of aromatic nitrogens is 2. The summed E-state index contributed by atoms with van der Waals surface area (Å²) in [5, 5.41) is 8.90. The predicted molar refractivity (Wildman–Crippen MR) is 72.5 cm³/mol. The van der Waals surface area contributed by atoms with E-state index in [1.165, 1.54) is 12.4 Å². The van der Waals surface area contributed by atoms with Gasteiger partial charge in [0.2, 0.25) is 0 Å². The third-order valence-corrected chi connectivity index (χ3v) is 3.58. The van der Waals surface area contributed by atoms with Gasteiger partial charge in [0.05, 0.1) is 12.4 Å². The van der Waals surface area contributed by atoms with Crippen molar-refractivity contribution in [1.82, 2.24) is 14.9 Å². The van der Waals surface area contributed by atoms with Crippen LogP contribution in [0.25, 0.3) is 0 Å². The standard InChI is InChI=1S/C13H16ClN3O3/c14-11-7-15-6-10(16-11)13(20)17-5-1-2-9(8-17)3-4-12(18)19/h6-7,9H,1-5,8H2,(H,18,19). The lowest BCUT2D eigenvalue weighted by molar-refractivity contribution is -0.137. The number of rotatable bonds is 4. The molecule has 6 nitrogen and oxygen atoms in total. The minimum atomic E-state index is -0.797. The molecule has 1 aromatic rings. The minimum absolute atomic E-state index is 0.143. The van der Waals surface area contributed by atoms with E-state index in [0.29, 0.717) is 19.5 Å². The molecular formula is C13H16ClN3O3. The molecule has 0 radical (unpaired) electrons. The van der Waals surface area contributed by atoms with Crippen LogP contribution in [0.3, 0.4) is 0 Å². The highest BCUT2D eigenvalue weighted by atomic mass is 35.5. The van der Waals surface area contributed by atoms with Gasteiger partial charge in [-0.05, 0) is 25.2 Å². The lowest BCUT2D eigenvalue weighted by Gasteiger charge is -2.32. The van der Waals surface area contributed by atoms with Gasteiger partial charge in [-0.15, -0.1) is 0 Å². The van der Waals surface area contributed by atoms with Crippen LogP contribution in [0.15, 0.2) is 12.4 Å². The molecule has 1 aromatic heterocycles. The summed E-state index contributed by atoms with van der Waals surface area (Å²) in [6, 6.07) is 0. The molecule has 0 aliphatic carbocycles. The molecule has 1 aliphatic rings. The Morgan fingerprint density at radius 1 is 1.45 bits per heavy atom. The van der Waals surface area contributed by atoms with Crippen LogP contribution in [0.5, 0.6) is 0 Å². The average Bonchev–Trinajstić information content (AvgIpc) is 2.44. The van der Waals surface area contributed by atoms with Crippen molar-refractivity contribution in [1.29, 1.82) is 0 Å². The zero-order valence-corrected chi connectivity index (χ0v) is 11.7. The van der Waals surface area contributed by atoms with Gasteiger partial charge < -0.3 is 10.0 Å². The molecule has 1 atom stereocenters. The van der Waals surface area contributed by atoms with E-state index in [0.717, 1.165) is 12.8 Å². The summed E-state index contributed by atoms with van der Waals surface area (Å²) in [6.45, 7) is 1.23. The van der Waals surface area contributed by atoms with Crippen LogP contribution in [0.2, 0.25) is 5.15 Å². The summed E-state index contributed by atoms with van der Waals surface area (Å²) in [7, 11) is 0. The van der Waals surface area contributed by atoms with Crippen molar-refractivity contribution in [3.63, 3.8) is 0 Å². The number of carbonyl (C=O) groups excluding carboxylic acids is 1. The van der Waals surface area contributed by atoms with Crippen LogP contribution in [0.1, 0.15) is 36.2 Å². The average molecular weight is 298 g/mol. The maximum absolute atomic E-state index is 12.3. The summed E-state index contributed by atoms with van der Waals surface area (Å²) in [5.41, 5.74) is 0.233. The number of carbonyl (C=O) groups is 2. The van der Waals surface area contributed by atoms with Gasteiger partial charge in [-0.3, -0.25) is 14.6 Å². The monoisotopic (exact) mass is 297 g/mol. The molecule has 20 heavy (non-hydrogen) atoms. The van der Waals surface area contributed by atoms with E-state index in [9.17, 15) is 9.59 Å². The fourth-order valence-corrected chi connectivity index (χ4v) is 2.57. The molecule has 1 N–H and O–H groups in total. The highest BCUT2D eigenvalue weighted by Crippen LogP contribution is 2.22. The number of piperidine rings is 1. The van der Waals surface area contributed by atoms with Crippen molar-refractivity contribution in [3.05, 3.63) is 23.2 Å². The van der Waals surface area contributed by atoms with Gasteiger partial charge in [-0.1, -0.05) is 11.6 Å². The maximum atomic E-state index is 12.3. The molecule has 2 rings (SSSR count). The highest BCUT2D eigenvalue weighted by Gasteiger charge is 2.25. The molecule has 0 spiro atoms. The van der Waals surface area contributed by atoms with Gasteiger partial charge in [-0.2, -0.15) is 0 Å². The Balaban J connectivity index is 1.98. The molecule has 7 heteroatoms. The molecule has 2 heterocycles. The molecular weight excluding hydrogens is 282 g/mol. The zero-order valence-electron chi connectivity index (χ0n) is 11.0. The number of hydrogen-bond acceptors (Lipinski definition) is 4. The number of hydrogen-bond donors (Lipinski definition) is 1.